The molecule has 0 saturated carbocycles. The molecule has 0 aliphatic heterocycles. The van der Waals surface area contributed by atoms with Crippen molar-refractivity contribution in [1.82, 2.24) is 5.32 Å². The second kappa shape index (κ2) is 8.65. The molecule has 128 valence electrons. The molecule has 0 saturated heterocycles. The number of hydrogen-bond donors (Lipinski definition) is 2. The zero-order chi connectivity index (χ0) is 18.2. The van der Waals surface area contributed by atoms with Crippen molar-refractivity contribution in [2.24, 2.45) is 0 Å². The molecule has 0 aliphatic carbocycles. The summed E-state index contributed by atoms with van der Waals surface area (Å²) in [7, 11) is 0. The van der Waals surface area contributed by atoms with Crippen molar-refractivity contribution in [3.63, 3.8) is 0 Å². The molecule has 2 aromatic carbocycles. The normalized spacial score (nSPS) is 9.69. The van der Waals surface area contributed by atoms with Gasteiger partial charge in [0.2, 0.25) is 0 Å². The van der Waals surface area contributed by atoms with E-state index >= 15 is 0 Å². The number of hydrogen-bond acceptors (Lipinski definition) is 3. The van der Waals surface area contributed by atoms with E-state index in [4.69, 9.17) is 0 Å². The first-order chi connectivity index (χ1) is 12.7. The van der Waals surface area contributed by atoms with E-state index in [1.54, 1.807) is 30.3 Å². The Balaban J connectivity index is 1.52. The average Bonchev–Trinajstić information content (AvgIpc) is 3.21. The number of rotatable bonds is 4. The van der Waals surface area contributed by atoms with Crippen LogP contribution >= 0.6 is 11.3 Å². The van der Waals surface area contributed by atoms with Crippen LogP contribution in [0.4, 0.5) is 5.69 Å². The summed E-state index contributed by atoms with van der Waals surface area (Å²) in [5.41, 5.74) is 2.07. The summed E-state index contributed by atoms with van der Waals surface area (Å²) in [6.07, 6.45) is 0. The highest BCUT2D eigenvalue weighted by Crippen LogP contribution is 2.14. The van der Waals surface area contributed by atoms with E-state index in [1.807, 2.05) is 41.8 Å². The summed E-state index contributed by atoms with van der Waals surface area (Å²) in [4.78, 5) is 24.7. The molecule has 3 aromatic rings. The molecule has 0 bridgehead atoms. The minimum absolute atomic E-state index is 0.159. The summed E-state index contributed by atoms with van der Waals surface area (Å²) in [5.74, 6) is 5.54. The SMILES string of the molecule is O=C(NCC#Cc1ccccc1)c1ccc(NC(=O)c2cccs2)cc1. The Hall–Kier alpha value is -3.36. The summed E-state index contributed by atoms with van der Waals surface area (Å²) < 4.78 is 0. The molecule has 2 amide bonds. The zero-order valence-corrected chi connectivity index (χ0v) is 14.7. The van der Waals surface area contributed by atoms with Gasteiger partial charge in [0, 0.05) is 16.8 Å². The summed E-state index contributed by atoms with van der Waals surface area (Å²) >= 11 is 1.38. The van der Waals surface area contributed by atoms with Crippen molar-refractivity contribution in [1.29, 1.82) is 0 Å². The maximum atomic E-state index is 12.1. The molecule has 2 N–H and O–H groups in total. The van der Waals surface area contributed by atoms with Crippen LogP contribution in [0.2, 0.25) is 0 Å². The highest BCUT2D eigenvalue weighted by molar-refractivity contribution is 7.12. The molecule has 26 heavy (non-hydrogen) atoms. The largest absolute Gasteiger partial charge is 0.341 e. The Labute approximate surface area is 155 Å². The maximum Gasteiger partial charge on any atom is 0.265 e. The molecular formula is C21H16N2O2S. The van der Waals surface area contributed by atoms with Crippen LogP contribution in [0.5, 0.6) is 0 Å². The number of anilines is 1. The first-order valence-electron chi connectivity index (χ1n) is 7.99. The van der Waals surface area contributed by atoms with Gasteiger partial charge in [0.05, 0.1) is 11.4 Å². The number of nitrogens with one attached hydrogen (secondary N) is 2. The van der Waals surface area contributed by atoms with Crippen LogP contribution < -0.4 is 10.6 Å². The third kappa shape index (κ3) is 4.82. The molecule has 4 nitrogen and oxygen atoms in total. The Bertz CT molecular complexity index is 937. The van der Waals surface area contributed by atoms with Crippen LogP contribution in [0.15, 0.2) is 72.1 Å². The fourth-order valence-electron chi connectivity index (χ4n) is 2.20. The van der Waals surface area contributed by atoms with Crippen LogP contribution in [0.25, 0.3) is 0 Å². The minimum atomic E-state index is -0.205. The van der Waals surface area contributed by atoms with Crippen LogP contribution in [-0.2, 0) is 0 Å². The van der Waals surface area contributed by atoms with Gasteiger partial charge in [-0.05, 0) is 47.8 Å². The molecule has 1 aromatic heterocycles. The molecular weight excluding hydrogens is 344 g/mol. The first-order valence-corrected chi connectivity index (χ1v) is 8.87. The maximum absolute atomic E-state index is 12.1. The number of carbonyl (C=O) groups excluding carboxylic acids is 2. The lowest BCUT2D eigenvalue weighted by Crippen LogP contribution is -2.23. The summed E-state index contributed by atoms with van der Waals surface area (Å²) in [5, 5.41) is 7.40. The van der Waals surface area contributed by atoms with Crippen molar-refractivity contribution in [3.8, 4) is 11.8 Å². The van der Waals surface area contributed by atoms with Gasteiger partial charge in [-0.2, -0.15) is 0 Å². The van der Waals surface area contributed by atoms with Gasteiger partial charge in [-0.25, -0.2) is 0 Å². The second-order valence-corrected chi connectivity index (χ2v) is 6.31. The zero-order valence-electron chi connectivity index (χ0n) is 13.9. The lowest BCUT2D eigenvalue weighted by molar-refractivity contribution is 0.0958. The molecule has 5 heteroatoms. The van der Waals surface area contributed by atoms with E-state index in [-0.39, 0.29) is 18.4 Å². The highest BCUT2D eigenvalue weighted by atomic mass is 32.1. The fourth-order valence-corrected chi connectivity index (χ4v) is 2.82. The van der Waals surface area contributed by atoms with Crippen molar-refractivity contribution in [2.75, 3.05) is 11.9 Å². The molecule has 0 aliphatic rings. The quantitative estimate of drug-likeness (QED) is 0.696. The van der Waals surface area contributed by atoms with Crippen LogP contribution in [0.1, 0.15) is 25.6 Å². The Morgan fingerprint density at radius 1 is 0.885 bits per heavy atom. The molecule has 3 rings (SSSR count). The van der Waals surface area contributed by atoms with Gasteiger partial charge in [0.15, 0.2) is 0 Å². The van der Waals surface area contributed by atoms with Crippen molar-refractivity contribution < 1.29 is 9.59 Å². The molecule has 0 unspecified atom stereocenters. The third-order valence-electron chi connectivity index (χ3n) is 3.49. The molecule has 0 atom stereocenters. The van der Waals surface area contributed by atoms with E-state index in [1.165, 1.54) is 11.3 Å². The van der Waals surface area contributed by atoms with Gasteiger partial charge < -0.3 is 10.6 Å². The molecule has 1 heterocycles. The summed E-state index contributed by atoms with van der Waals surface area (Å²) in [6, 6.07) is 19.9. The number of thiophene rings is 1. The van der Waals surface area contributed by atoms with E-state index < -0.39 is 0 Å². The lowest BCUT2D eigenvalue weighted by Gasteiger charge is -2.05. The van der Waals surface area contributed by atoms with Crippen LogP contribution in [0.3, 0.4) is 0 Å². The Morgan fingerprint density at radius 3 is 2.35 bits per heavy atom. The van der Waals surface area contributed by atoms with E-state index in [2.05, 4.69) is 22.5 Å². The highest BCUT2D eigenvalue weighted by Gasteiger charge is 2.08. The summed E-state index contributed by atoms with van der Waals surface area (Å²) in [6.45, 7) is 0.268. The monoisotopic (exact) mass is 360 g/mol. The average molecular weight is 360 g/mol. The van der Waals surface area contributed by atoms with Crippen molar-refractivity contribution in [2.45, 2.75) is 0 Å². The van der Waals surface area contributed by atoms with Gasteiger partial charge in [0.25, 0.3) is 11.8 Å². The topological polar surface area (TPSA) is 58.2 Å². The van der Waals surface area contributed by atoms with Crippen molar-refractivity contribution in [3.05, 3.63) is 88.1 Å². The standard InChI is InChI=1S/C21H16N2O2S/c24-20(22-14-4-8-16-6-2-1-3-7-16)17-10-12-18(13-11-17)23-21(25)19-9-5-15-26-19/h1-3,5-7,9-13,15H,14H2,(H,22,24)(H,23,25). The lowest BCUT2D eigenvalue weighted by atomic mass is 10.2. The smallest absolute Gasteiger partial charge is 0.265 e. The predicted octanol–water partition coefficient (Wildman–Crippen LogP) is 3.78. The van der Waals surface area contributed by atoms with Gasteiger partial charge in [-0.3, -0.25) is 9.59 Å². The van der Waals surface area contributed by atoms with Gasteiger partial charge in [-0.15, -0.1) is 11.3 Å². The van der Waals surface area contributed by atoms with Gasteiger partial charge in [-0.1, -0.05) is 36.1 Å². The number of carbonyl (C=O) groups is 2. The molecule has 0 fully saturated rings. The fraction of sp³-hybridized carbons (Fsp3) is 0.0476. The van der Waals surface area contributed by atoms with Gasteiger partial charge >= 0.3 is 0 Å². The second-order valence-electron chi connectivity index (χ2n) is 5.36. The predicted molar refractivity (Wildman–Crippen MR) is 104 cm³/mol. The Kier molecular flexibility index (Phi) is 5.81. The van der Waals surface area contributed by atoms with Gasteiger partial charge in [0.1, 0.15) is 0 Å². The van der Waals surface area contributed by atoms with Crippen LogP contribution in [-0.4, -0.2) is 18.4 Å². The molecule has 0 spiro atoms. The van der Waals surface area contributed by atoms with Crippen molar-refractivity contribution >= 4 is 28.8 Å². The third-order valence-corrected chi connectivity index (χ3v) is 4.36. The van der Waals surface area contributed by atoms with E-state index in [0.29, 0.717) is 16.1 Å². The first kappa shape index (κ1) is 17.5. The van der Waals surface area contributed by atoms with Crippen LogP contribution in [0, 0.1) is 11.8 Å². The van der Waals surface area contributed by atoms with E-state index in [0.717, 1.165) is 5.56 Å². The minimum Gasteiger partial charge on any atom is -0.341 e. The molecule has 0 radical (unpaired) electrons. The number of benzene rings is 2. The number of amides is 2. The van der Waals surface area contributed by atoms with E-state index in [9.17, 15) is 9.59 Å². The Morgan fingerprint density at radius 2 is 1.65 bits per heavy atom.